The van der Waals surface area contributed by atoms with Crippen LogP contribution in [0, 0.1) is 5.92 Å². The fourth-order valence-electron chi connectivity index (χ4n) is 1.98. The van der Waals surface area contributed by atoms with Gasteiger partial charge in [-0.2, -0.15) is 5.10 Å². The van der Waals surface area contributed by atoms with Crippen molar-refractivity contribution in [3.63, 3.8) is 0 Å². The summed E-state index contributed by atoms with van der Waals surface area (Å²) in [7, 11) is 0. The summed E-state index contributed by atoms with van der Waals surface area (Å²) in [5, 5.41) is 4.53. The molecule has 0 bridgehead atoms. The first-order chi connectivity index (χ1) is 10.0. The lowest BCUT2D eigenvalue weighted by Gasteiger charge is -2.10. The van der Waals surface area contributed by atoms with Gasteiger partial charge in [-0.3, -0.25) is 4.79 Å². The summed E-state index contributed by atoms with van der Waals surface area (Å²) >= 11 is 0. The third-order valence-corrected chi connectivity index (χ3v) is 3.30. The first-order valence-corrected chi connectivity index (χ1v) is 7.91. The van der Waals surface area contributed by atoms with E-state index in [9.17, 15) is 4.79 Å². The Hall–Kier alpha value is -1.64. The highest BCUT2D eigenvalue weighted by atomic mass is 16.1. The monoisotopic (exact) mass is 288 g/mol. The van der Waals surface area contributed by atoms with E-state index in [-0.39, 0.29) is 5.92 Å². The standard InChI is InChI=1S/C18H28N2O/c1-14(2)18(21)13-9-8-12-17(20-19-15(3)4)16-10-6-5-7-11-16/h5-7,10-11,14-15,19H,8-9,12-13H2,1-4H3/b20-17-. The number of benzene rings is 1. The predicted molar refractivity (Wildman–Crippen MR) is 89.6 cm³/mol. The Morgan fingerprint density at radius 3 is 2.24 bits per heavy atom. The van der Waals surface area contributed by atoms with E-state index < -0.39 is 0 Å². The van der Waals surface area contributed by atoms with Gasteiger partial charge in [0, 0.05) is 18.4 Å². The van der Waals surface area contributed by atoms with Gasteiger partial charge in [0.2, 0.25) is 0 Å². The first-order valence-electron chi connectivity index (χ1n) is 7.91. The Morgan fingerprint density at radius 2 is 1.67 bits per heavy atom. The molecule has 0 aliphatic rings. The van der Waals surface area contributed by atoms with Gasteiger partial charge < -0.3 is 5.43 Å². The third-order valence-electron chi connectivity index (χ3n) is 3.30. The molecule has 0 radical (unpaired) electrons. The number of unbranched alkanes of at least 4 members (excludes halogenated alkanes) is 1. The predicted octanol–water partition coefficient (Wildman–Crippen LogP) is 4.17. The van der Waals surface area contributed by atoms with E-state index in [2.05, 4.69) is 36.5 Å². The summed E-state index contributed by atoms with van der Waals surface area (Å²) in [5.41, 5.74) is 5.36. The number of rotatable bonds is 9. The van der Waals surface area contributed by atoms with Gasteiger partial charge in [0.15, 0.2) is 0 Å². The average Bonchev–Trinajstić information content (AvgIpc) is 2.46. The molecule has 116 valence electrons. The van der Waals surface area contributed by atoms with Crippen molar-refractivity contribution in [1.29, 1.82) is 0 Å². The van der Waals surface area contributed by atoms with Crippen molar-refractivity contribution in [2.75, 3.05) is 0 Å². The molecule has 0 aliphatic heterocycles. The molecule has 0 amide bonds. The minimum atomic E-state index is 0.148. The highest BCUT2D eigenvalue weighted by Crippen LogP contribution is 2.11. The Labute approximate surface area is 128 Å². The van der Waals surface area contributed by atoms with Crippen molar-refractivity contribution >= 4 is 11.5 Å². The molecule has 0 heterocycles. The largest absolute Gasteiger partial charge is 0.307 e. The second kappa shape index (κ2) is 9.32. The number of nitrogens with one attached hydrogen (secondary N) is 1. The number of hydrogen-bond donors (Lipinski definition) is 1. The van der Waals surface area contributed by atoms with Gasteiger partial charge in [0.1, 0.15) is 5.78 Å². The molecule has 0 saturated heterocycles. The van der Waals surface area contributed by atoms with Gasteiger partial charge in [0.25, 0.3) is 0 Å². The second-order valence-electron chi connectivity index (χ2n) is 6.04. The zero-order chi connectivity index (χ0) is 15.7. The van der Waals surface area contributed by atoms with E-state index >= 15 is 0 Å². The Balaban J connectivity index is 2.55. The topological polar surface area (TPSA) is 41.5 Å². The second-order valence-corrected chi connectivity index (χ2v) is 6.04. The maximum atomic E-state index is 11.6. The van der Waals surface area contributed by atoms with Crippen molar-refractivity contribution in [1.82, 2.24) is 5.43 Å². The van der Waals surface area contributed by atoms with Crippen LogP contribution in [0.1, 0.15) is 58.9 Å². The summed E-state index contributed by atoms with van der Waals surface area (Å²) in [6.07, 6.45) is 3.50. The minimum absolute atomic E-state index is 0.148. The van der Waals surface area contributed by atoms with Crippen molar-refractivity contribution in [3.8, 4) is 0 Å². The molecule has 1 rings (SSSR count). The molecule has 21 heavy (non-hydrogen) atoms. The van der Waals surface area contributed by atoms with Crippen LogP contribution in [0.2, 0.25) is 0 Å². The lowest BCUT2D eigenvalue weighted by atomic mass is 10.00. The number of ketones is 1. The van der Waals surface area contributed by atoms with Gasteiger partial charge in [-0.1, -0.05) is 44.2 Å². The third kappa shape index (κ3) is 7.07. The molecule has 0 saturated carbocycles. The van der Waals surface area contributed by atoms with Crippen LogP contribution in [-0.4, -0.2) is 17.5 Å². The Kier molecular flexibility index (Phi) is 7.73. The molecule has 1 aromatic carbocycles. The normalized spacial score (nSPS) is 12.0. The van der Waals surface area contributed by atoms with E-state index in [1.807, 2.05) is 32.0 Å². The van der Waals surface area contributed by atoms with Crippen LogP contribution < -0.4 is 5.43 Å². The fourth-order valence-corrected chi connectivity index (χ4v) is 1.98. The van der Waals surface area contributed by atoms with E-state index in [0.717, 1.165) is 30.5 Å². The number of carbonyl (C=O) groups excluding carboxylic acids is 1. The highest BCUT2D eigenvalue weighted by Gasteiger charge is 2.08. The smallest absolute Gasteiger partial charge is 0.135 e. The SMILES string of the molecule is CC(C)N/N=C(/CCCCC(=O)C(C)C)c1ccccc1. The van der Waals surface area contributed by atoms with E-state index in [1.54, 1.807) is 0 Å². The number of hydrazone groups is 1. The number of nitrogens with zero attached hydrogens (tertiary/aromatic N) is 1. The average molecular weight is 288 g/mol. The van der Waals surface area contributed by atoms with Crippen LogP contribution in [0.15, 0.2) is 35.4 Å². The summed E-state index contributed by atoms with van der Waals surface area (Å²) < 4.78 is 0. The van der Waals surface area contributed by atoms with Crippen molar-refractivity contribution in [2.24, 2.45) is 11.0 Å². The van der Waals surface area contributed by atoms with Gasteiger partial charge in [0.05, 0.1) is 5.71 Å². The minimum Gasteiger partial charge on any atom is -0.307 e. The summed E-state index contributed by atoms with van der Waals surface area (Å²) in [4.78, 5) is 11.6. The molecule has 1 aromatic rings. The summed E-state index contributed by atoms with van der Waals surface area (Å²) in [6, 6.07) is 10.6. The maximum Gasteiger partial charge on any atom is 0.135 e. The molecule has 0 atom stereocenters. The van der Waals surface area contributed by atoms with Gasteiger partial charge in [-0.15, -0.1) is 0 Å². The van der Waals surface area contributed by atoms with Crippen LogP contribution >= 0.6 is 0 Å². The van der Waals surface area contributed by atoms with Crippen LogP contribution in [0.5, 0.6) is 0 Å². The Bertz CT molecular complexity index is 450. The van der Waals surface area contributed by atoms with Gasteiger partial charge in [-0.25, -0.2) is 0 Å². The van der Waals surface area contributed by atoms with Gasteiger partial charge in [-0.05, 0) is 38.7 Å². The molecule has 1 N–H and O–H groups in total. The lowest BCUT2D eigenvalue weighted by molar-refractivity contribution is -0.122. The number of hydrogen-bond acceptors (Lipinski definition) is 3. The van der Waals surface area contributed by atoms with Crippen LogP contribution in [0.3, 0.4) is 0 Å². The van der Waals surface area contributed by atoms with Crippen molar-refractivity contribution in [3.05, 3.63) is 35.9 Å². The Morgan fingerprint density at radius 1 is 1.05 bits per heavy atom. The summed E-state index contributed by atoms with van der Waals surface area (Å²) in [5.74, 6) is 0.503. The molecule has 3 heteroatoms. The molecule has 0 unspecified atom stereocenters. The molecule has 0 fully saturated rings. The van der Waals surface area contributed by atoms with E-state index in [0.29, 0.717) is 18.2 Å². The molecule has 0 aliphatic carbocycles. The highest BCUT2D eigenvalue weighted by molar-refractivity contribution is 6.00. The van der Waals surface area contributed by atoms with E-state index in [4.69, 9.17) is 0 Å². The molecule has 3 nitrogen and oxygen atoms in total. The maximum absolute atomic E-state index is 11.6. The first kappa shape index (κ1) is 17.4. The van der Waals surface area contributed by atoms with Gasteiger partial charge >= 0.3 is 0 Å². The quantitative estimate of drug-likeness (QED) is 0.421. The van der Waals surface area contributed by atoms with Crippen molar-refractivity contribution in [2.45, 2.75) is 59.4 Å². The zero-order valence-corrected chi connectivity index (χ0v) is 13.7. The van der Waals surface area contributed by atoms with E-state index in [1.165, 1.54) is 0 Å². The number of carbonyl (C=O) groups is 1. The summed E-state index contributed by atoms with van der Waals surface area (Å²) in [6.45, 7) is 8.08. The lowest BCUT2D eigenvalue weighted by Crippen LogP contribution is -2.19. The van der Waals surface area contributed by atoms with Crippen LogP contribution in [0.25, 0.3) is 0 Å². The fraction of sp³-hybridized carbons (Fsp3) is 0.556. The zero-order valence-electron chi connectivity index (χ0n) is 13.7. The van der Waals surface area contributed by atoms with Crippen LogP contribution in [-0.2, 0) is 4.79 Å². The molecular weight excluding hydrogens is 260 g/mol. The molecular formula is C18H28N2O. The molecule has 0 spiro atoms. The van der Waals surface area contributed by atoms with Crippen molar-refractivity contribution < 1.29 is 4.79 Å². The van der Waals surface area contributed by atoms with Crippen LogP contribution in [0.4, 0.5) is 0 Å². The molecule has 0 aromatic heterocycles. The number of Topliss-reactive ketones (excluding diaryl/α,β-unsaturated/α-hetero) is 1.